The fourth-order valence-electron chi connectivity index (χ4n) is 3.33. The molecule has 154 valence electrons. The molecule has 8 heteroatoms. The summed E-state index contributed by atoms with van der Waals surface area (Å²) in [6.45, 7) is 6.72. The van der Waals surface area contributed by atoms with Crippen LogP contribution in [0.3, 0.4) is 0 Å². The minimum absolute atomic E-state index is 0.408. The molecule has 0 saturated carbocycles. The van der Waals surface area contributed by atoms with Gasteiger partial charge < -0.3 is 15.2 Å². The summed E-state index contributed by atoms with van der Waals surface area (Å²) in [7, 11) is 1.31. The van der Waals surface area contributed by atoms with Crippen molar-refractivity contribution in [2.24, 2.45) is 11.7 Å². The second-order valence-corrected chi connectivity index (χ2v) is 8.58. The second kappa shape index (κ2) is 8.75. The predicted octanol–water partition coefficient (Wildman–Crippen LogP) is 4.68. The molecule has 1 atom stereocenters. The molecule has 2 heterocycles. The third kappa shape index (κ3) is 5.21. The highest BCUT2D eigenvalue weighted by Gasteiger charge is 2.22. The van der Waals surface area contributed by atoms with Crippen LogP contribution in [-0.4, -0.2) is 35.3 Å². The number of hydrogen-bond acceptors (Lipinski definition) is 7. The number of anilines is 1. The van der Waals surface area contributed by atoms with Gasteiger partial charge in [-0.1, -0.05) is 13.8 Å². The first-order valence-electron chi connectivity index (χ1n) is 9.38. The number of amides is 1. The van der Waals surface area contributed by atoms with Gasteiger partial charge in [-0.3, -0.25) is 5.32 Å². The molecule has 0 spiro atoms. The summed E-state index contributed by atoms with van der Waals surface area (Å²) in [4.78, 5) is 20.1. The largest absolute Gasteiger partial charge is 0.489 e. The van der Waals surface area contributed by atoms with Gasteiger partial charge in [0, 0.05) is 17.3 Å². The predicted molar refractivity (Wildman–Crippen MR) is 116 cm³/mol. The summed E-state index contributed by atoms with van der Waals surface area (Å²) in [5.74, 6) is 1.63. The van der Waals surface area contributed by atoms with Crippen molar-refractivity contribution in [3.8, 4) is 16.9 Å². The Morgan fingerprint density at radius 3 is 2.83 bits per heavy atom. The van der Waals surface area contributed by atoms with Crippen molar-refractivity contribution in [3.05, 3.63) is 36.0 Å². The lowest BCUT2D eigenvalue weighted by Gasteiger charge is -2.26. The van der Waals surface area contributed by atoms with E-state index in [4.69, 9.17) is 10.5 Å². The molecule has 3 rings (SSSR count). The SMILES string of the molecule is COC(=O)Nc1cc(-c2ccc(OC[C@@](C)(N)CC(C)C)c3ncsc23)ccn1. The Morgan fingerprint density at radius 1 is 1.31 bits per heavy atom. The molecule has 2 aromatic heterocycles. The number of methoxy groups -OCH3 is 1. The minimum Gasteiger partial charge on any atom is -0.489 e. The number of benzene rings is 1. The third-order valence-electron chi connectivity index (χ3n) is 4.37. The number of aromatic nitrogens is 2. The van der Waals surface area contributed by atoms with E-state index < -0.39 is 11.6 Å². The number of carbonyl (C=O) groups is 1. The van der Waals surface area contributed by atoms with E-state index in [0.29, 0.717) is 24.1 Å². The lowest BCUT2D eigenvalue weighted by Crippen LogP contribution is -2.43. The van der Waals surface area contributed by atoms with Crippen LogP contribution in [0.4, 0.5) is 10.6 Å². The fraction of sp³-hybridized carbons (Fsp3) is 0.381. The zero-order valence-electron chi connectivity index (χ0n) is 17.1. The molecule has 7 nitrogen and oxygen atoms in total. The topological polar surface area (TPSA) is 99.4 Å². The normalized spacial score (nSPS) is 13.3. The van der Waals surface area contributed by atoms with Crippen molar-refractivity contribution >= 4 is 33.5 Å². The number of carbonyl (C=O) groups excluding carboxylic acids is 1. The summed E-state index contributed by atoms with van der Waals surface area (Å²) < 4.78 is 11.7. The Labute approximate surface area is 174 Å². The number of rotatable bonds is 7. The number of nitrogens with two attached hydrogens (primary N) is 1. The first-order valence-corrected chi connectivity index (χ1v) is 10.3. The van der Waals surface area contributed by atoms with Crippen LogP contribution in [-0.2, 0) is 4.74 Å². The highest BCUT2D eigenvalue weighted by atomic mass is 32.1. The molecule has 0 radical (unpaired) electrons. The van der Waals surface area contributed by atoms with Gasteiger partial charge in [0.2, 0.25) is 0 Å². The number of ether oxygens (including phenoxy) is 2. The van der Waals surface area contributed by atoms with Gasteiger partial charge in [-0.25, -0.2) is 14.8 Å². The van der Waals surface area contributed by atoms with Crippen LogP contribution in [0, 0.1) is 5.92 Å². The van der Waals surface area contributed by atoms with E-state index in [9.17, 15) is 4.79 Å². The molecule has 0 bridgehead atoms. The molecule has 3 aromatic rings. The Kier molecular flexibility index (Phi) is 6.34. The third-order valence-corrected chi connectivity index (χ3v) is 5.23. The maximum atomic E-state index is 11.5. The maximum Gasteiger partial charge on any atom is 0.412 e. The maximum absolute atomic E-state index is 11.5. The van der Waals surface area contributed by atoms with Crippen LogP contribution >= 0.6 is 11.3 Å². The average Bonchev–Trinajstić information content (AvgIpc) is 3.15. The van der Waals surface area contributed by atoms with Gasteiger partial charge >= 0.3 is 6.09 Å². The van der Waals surface area contributed by atoms with Gasteiger partial charge in [0.1, 0.15) is 23.7 Å². The number of fused-ring (bicyclic) bond motifs is 1. The summed E-state index contributed by atoms with van der Waals surface area (Å²) in [5, 5.41) is 2.58. The summed E-state index contributed by atoms with van der Waals surface area (Å²) in [6, 6.07) is 7.59. The van der Waals surface area contributed by atoms with E-state index in [0.717, 1.165) is 27.8 Å². The van der Waals surface area contributed by atoms with Crippen LogP contribution in [0.2, 0.25) is 0 Å². The van der Waals surface area contributed by atoms with E-state index in [1.54, 1.807) is 17.8 Å². The van der Waals surface area contributed by atoms with E-state index in [1.807, 2.05) is 25.1 Å². The molecule has 0 fully saturated rings. The molecule has 0 aliphatic heterocycles. The van der Waals surface area contributed by atoms with E-state index in [2.05, 4.69) is 33.9 Å². The number of hydrogen-bond donors (Lipinski definition) is 2. The average molecular weight is 415 g/mol. The summed E-state index contributed by atoms with van der Waals surface area (Å²) in [5.41, 5.74) is 10.5. The minimum atomic E-state index is -0.562. The molecule has 29 heavy (non-hydrogen) atoms. The molecule has 1 amide bonds. The highest BCUT2D eigenvalue weighted by Crippen LogP contribution is 2.37. The van der Waals surface area contributed by atoms with Crippen LogP contribution in [0.1, 0.15) is 27.2 Å². The summed E-state index contributed by atoms with van der Waals surface area (Å²) >= 11 is 1.54. The number of nitrogens with zero attached hydrogens (tertiary/aromatic N) is 2. The van der Waals surface area contributed by atoms with E-state index in [1.165, 1.54) is 18.4 Å². The molecular weight excluding hydrogens is 388 g/mol. The Balaban J connectivity index is 1.88. The van der Waals surface area contributed by atoms with Crippen LogP contribution in [0.15, 0.2) is 36.0 Å². The quantitative estimate of drug-likeness (QED) is 0.582. The van der Waals surface area contributed by atoms with Gasteiger partial charge in [0.15, 0.2) is 0 Å². The van der Waals surface area contributed by atoms with E-state index >= 15 is 0 Å². The van der Waals surface area contributed by atoms with E-state index in [-0.39, 0.29) is 0 Å². The first-order chi connectivity index (χ1) is 13.8. The first kappa shape index (κ1) is 21.0. The molecule has 0 aliphatic rings. The second-order valence-electron chi connectivity index (χ2n) is 7.73. The molecular formula is C21H26N4O3S. The molecule has 3 N–H and O–H groups in total. The van der Waals surface area contributed by atoms with Crippen molar-refractivity contribution < 1.29 is 14.3 Å². The van der Waals surface area contributed by atoms with Crippen molar-refractivity contribution in [2.75, 3.05) is 19.0 Å². The van der Waals surface area contributed by atoms with Gasteiger partial charge in [-0.15, -0.1) is 11.3 Å². The number of thiazole rings is 1. The van der Waals surface area contributed by atoms with Crippen molar-refractivity contribution in [1.29, 1.82) is 0 Å². The number of nitrogens with one attached hydrogen (secondary N) is 1. The lowest BCUT2D eigenvalue weighted by atomic mass is 9.93. The smallest absolute Gasteiger partial charge is 0.412 e. The monoisotopic (exact) mass is 414 g/mol. The highest BCUT2D eigenvalue weighted by molar-refractivity contribution is 7.17. The zero-order valence-corrected chi connectivity index (χ0v) is 17.9. The Morgan fingerprint density at radius 2 is 2.10 bits per heavy atom. The van der Waals surface area contributed by atoms with Gasteiger partial charge in [0.05, 0.1) is 17.3 Å². The zero-order chi connectivity index (χ0) is 21.0. The molecule has 0 saturated heterocycles. The van der Waals surface area contributed by atoms with Gasteiger partial charge in [0.25, 0.3) is 0 Å². The molecule has 0 unspecified atom stereocenters. The Hall–Kier alpha value is -2.71. The van der Waals surface area contributed by atoms with Crippen molar-refractivity contribution in [1.82, 2.24) is 9.97 Å². The van der Waals surface area contributed by atoms with Crippen molar-refractivity contribution in [2.45, 2.75) is 32.7 Å². The van der Waals surface area contributed by atoms with Gasteiger partial charge in [-0.2, -0.15) is 0 Å². The fourth-order valence-corrected chi connectivity index (χ4v) is 4.17. The van der Waals surface area contributed by atoms with Gasteiger partial charge in [-0.05, 0) is 49.1 Å². The Bertz CT molecular complexity index is 1000. The summed E-state index contributed by atoms with van der Waals surface area (Å²) in [6.07, 6.45) is 1.95. The standard InChI is InChI=1S/C21H26N4O3S/c1-13(2)10-21(3,22)11-28-16-6-5-15(19-18(16)24-12-29-19)14-7-8-23-17(9-14)25-20(26)27-4/h5-9,12-13H,10-11,22H2,1-4H3,(H,23,25,26)/t21-/m0/s1. The molecule has 1 aromatic carbocycles. The van der Waals surface area contributed by atoms with Crippen LogP contribution in [0.5, 0.6) is 5.75 Å². The van der Waals surface area contributed by atoms with Crippen molar-refractivity contribution in [3.63, 3.8) is 0 Å². The number of pyridine rings is 1. The van der Waals surface area contributed by atoms with Crippen LogP contribution in [0.25, 0.3) is 21.3 Å². The van der Waals surface area contributed by atoms with Crippen LogP contribution < -0.4 is 15.8 Å². The lowest BCUT2D eigenvalue weighted by molar-refractivity contribution is 0.187. The molecule has 0 aliphatic carbocycles.